The van der Waals surface area contributed by atoms with E-state index in [2.05, 4.69) is 0 Å². The quantitative estimate of drug-likeness (QED) is 0.799. The van der Waals surface area contributed by atoms with Crippen LogP contribution in [0.1, 0.15) is 51.8 Å². The average Bonchev–Trinajstić information content (AvgIpc) is 2.63. The third-order valence-electron chi connectivity index (χ3n) is 4.14. The van der Waals surface area contributed by atoms with Crippen LogP contribution >= 0.6 is 0 Å². The zero-order valence-corrected chi connectivity index (χ0v) is 15.4. The van der Waals surface area contributed by atoms with Crippen LogP contribution in [0.2, 0.25) is 0 Å². The molecule has 0 atom stereocenters. The molecule has 0 saturated heterocycles. The molecule has 0 aliphatic carbocycles. The standard InChI is InChI=1S/C18H27N3O3/c1-7-19(4)16(22)13-10-14(17(23)20(5)8-2)12-15(11-13)18(24)21(6)9-3/h10-12H,7-9H2,1-6H3. The Kier molecular flexibility index (Phi) is 6.95. The monoisotopic (exact) mass is 333 g/mol. The first-order valence-electron chi connectivity index (χ1n) is 8.18. The van der Waals surface area contributed by atoms with Gasteiger partial charge in [-0.3, -0.25) is 14.4 Å². The van der Waals surface area contributed by atoms with E-state index >= 15 is 0 Å². The Hall–Kier alpha value is -2.37. The summed E-state index contributed by atoms with van der Waals surface area (Å²) in [4.78, 5) is 42.1. The van der Waals surface area contributed by atoms with Gasteiger partial charge in [-0.15, -0.1) is 0 Å². The minimum atomic E-state index is -0.209. The Balaban J connectivity index is 3.42. The molecule has 1 aromatic carbocycles. The van der Waals surface area contributed by atoms with Crippen LogP contribution in [-0.4, -0.2) is 73.2 Å². The topological polar surface area (TPSA) is 60.9 Å². The Labute approximate surface area is 144 Å². The number of hydrogen-bond donors (Lipinski definition) is 0. The summed E-state index contributed by atoms with van der Waals surface area (Å²) in [5.74, 6) is -0.626. The van der Waals surface area contributed by atoms with Gasteiger partial charge in [0.15, 0.2) is 0 Å². The molecule has 0 bridgehead atoms. The number of carbonyl (C=O) groups is 3. The average molecular weight is 333 g/mol. The van der Waals surface area contributed by atoms with Crippen molar-refractivity contribution >= 4 is 17.7 Å². The maximum Gasteiger partial charge on any atom is 0.253 e. The zero-order valence-electron chi connectivity index (χ0n) is 15.4. The van der Waals surface area contributed by atoms with Crippen molar-refractivity contribution in [2.45, 2.75) is 20.8 Å². The highest BCUT2D eigenvalue weighted by Gasteiger charge is 2.20. The molecule has 0 unspecified atom stereocenters. The molecule has 0 spiro atoms. The lowest BCUT2D eigenvalue weighted by Crippen LogP contribution is -2.30. The molecule has 0 saturated carbocycles. The van der Waals surface area contributed by atoms with Crippen LogP contribution in [-0.2, 0) is 0 Å². The molecule has 1 rings (SSSR count). The van der Waals surface area contributed by atoms with Gasteiger partial charge >= 0.3 is 0 Å². The summed E-state index contributed by atoms with van der Waals surface area (Å²) in [5, 5.41) is 0. The Bertz CT molecular complexity index is 530. The van der Waals surface area contributed by atoms with E-state index in [1.165, 1.54) is 0 Å². The van der Waals surface area contributed by atoms with Crippen molar-refractivity contribution in [2.75, 3.05) is 40.8 Å². The largest absolute Gasteiger partial charge is 0.342 e. The second-order valence-corrected chi connectivity index (χ2v) is 5.76. The second-order valence-electron chi connectivity index (χ2n) is 5.76. The van der Waals surface area contributed by atoms with E-state index in [1.54, 1.807) is 54.0 Å². The van der Waals surface area contributed by atoms with E-state index in [9.17, 15) is 14.4 Å². The fourth-order valence-electron chi connectivity index (χ4n) is 2.09. The predicted octanol–water partition coefficient (Wildman–Crippen LogP) is 1.96. The number of carbonyl (C=O) groups excluding carboxylic acids is 3. The highest BCUT2D eigenvalue weighted by atomic mass is 16.2. The highest BCUT2D eigenvalue weighted by Crippen LogP contribution is 2.16. The summed E-state index contributed by atoms with van der Waals surface area (Å²) in [7, 11) is 5.07. The van der Waals surface area contributed by atoms with E-state index in [4.69, 9.17) is 0 Å². The van der Waals surface area contributed by atoms with Crippen molar-refractivity contribution in [3.63, 3.8) is 0 Å². The summed E-state index contributed by atoms with van der Waals surface area (Å²) in [6.07, 6.45) is 0. The summed E-state index contributed by atoms with van der Waals surface area (Å²) < 4.78 is 0. The zero-order chi connectivity index (χ0) is 18.4. The van der Waals surface area contributed by atoms with Gasteiger partial charge in [0.25, 0.3) is 17.7 Å². The first-order valence-corrected chi connectivity index (χ1v) is 8.18. The summed E-state index contributed by atoms with van der Waals surface area (Å²) in [6.45, 7) is 7.25. The fourth-order valence-corrected chi connectivity index (χ4v) is 2.09. The van der Waals surface area contributed by atoms with Gasteiger partial charge in [-0.05, 0) is 39.0 Å². The van der Waals surface area contributed by atoms with Crippen molar-refractivity contribution in [3.8, 4) is 0 Å². The van der Waals surface area contributed by atoms with Crippen molar-refractivity contribution < 1.29 is 14.4 Å². The van der Waals surface area contributed by atoms with Gasteiger partial charge in [0.2, 0.25) is 0 Å². The third-order valence-corrected chi connectivity index (χ3v) is 4.14. The van der Waals surface area contributed by atoms with Crippen LogP contribution in [0, 0.1) is 0 Å². The minimum Gasteiger partial charge on any atom is -0.342 e. The SMILES string of the molecule is CCN(C)C(=O)c1cc(C(=O)N(C)CC)cc(C(=O)N(C)CC)c1. The van der Waals surface area contributed by atoms with E-state index < -0.39 is 0 Å². The van der Waals surface area contributed by atoms with Gasteiger partial charge in [-0.25, -0.2) is 0 Å². The first kappa shape index (κ1) is 19.7. The Morgan fingerprint density at radius 2 is 0.833 bits per heavy atom. The molecule has 6 nitrogen and oxygen atoms in total. The lowest BCUT2D eigenvalue weighted by molar-refractivity contribution is 0.0800. The molecule has 0 aromatic heterocycles. The van der Waals surface area contributed by atoms with Crippen LogP contribution in [0.25, 0.3) is 0 Å². The van der Waals surface area contributed by atoms with Gasteiger partial charge in [-0.1, -0.05) is 0 Å². The molecule has 132 valence electrons. The summed E-state index contributed by atoms with van der Waals surface area (Å²) in [6, 6.07) is 4.68. The number of hydrogen-bond acceptors (Lipinski definition) is 3. The number of rotatable bonds is 6. The van der Waals surface area contributed by atoms with Crippen LogP contribution in [0.15, 0.2) is 18.2 Å². The van der Waals surface area contributed by atoms with Crippen molar-refractivity contribution in [1.82, 2.24) is 14.7 Å². The molecule has 24 heavy (non-hydrogen) atoms. The molecule has 0 aliphatic rings. The number of amides is 3. The summed E-state index contributed by atoms with van der Waals surface area (Å²) in [5.41, 5.74) is 1.05. The second kappa shape index (κ2) is 8.47. The lowest BCUT2D eigenvalue weighted by Gasteiger charge is -2.20. The Morgan fingerprint density at radius 1 is 0.625 bits per heavy atom. The molecule has 6 heteroatoms. The van der Waals surface area contributed by atoms with E-state index in [1.807, 2.05) is 20.8 Å². The molecular formula is C18H27N3O3. The number of nitrogens with zero attached hydrogens (tertiary/aromatic N) is 3. The highest BCUT2D eigenvalue weighted by molar-refractivity contribution is 6.04. The molecule has 0 radical (unpaired) electrons. The van der Waals surface area contributed by atoms with Crippen LogP contribution in [0.3, 0.4) is 0 Å². The van der Waals surface area contributed by atoms with Gasteiger partial charge in [0, 0.05) is 57.5 Å². The predicted molar refractivity (Wildman–Crippen MR) is 94.3 cm³/mol. The molecule has 0 fully saturated rings. The van der Waals surface area contributed by atoms with Crippen molar-refractivity contribution in [2.24, 2.45) is 0 Å². The lowest BCUT2D eigenvalue weighted by atomic mass is 10.0. The smallest absolute Gasteiger partial charge is 0.253 e. The maximum absolute atomic E-state index is 12.5. The van der Waals surface area contributed by atoms with E-state index in [-0.39, 0.29) is 17.7 Å². The van der Waals surface area contributed by atoms with E-state index in [0.717, 1.165) is 0 Å². The minimum absolute atomic E-state index is 0.209. The Morgan fingerprint density at radius 3 is 1.00 bits per heavy atom. The maximum atomic E-state index is 12.5. The van der Waals surface area contributed by atoms with Gasteiger partial charge < -0.3 is 14.7 Å². The number of benzene rings is 1. The molecule has 0 aliphatic heterocycles. The van der Waals surface area contributed by atoms with Gasteiger partial charge in [0.1, 0.15) is 0 Å². The molecule has 0 N–H and O–H groups in total. The molecule has 0 heterocycles. The van der Waals surface area contributed by atoms with Crippen LogP contribution < -0.4 is 0 Å². The first-order chi connectivity index (χ1) is 11.3. The van der Waals surface area contributed by atoms with Gasteiger partial charge in [0.05, 0.1) is 0 Å². The van der Waals surface area contributed by atoms with Crippen molar-refractivity contribution in [1.29, 1.82) is 0 Å². The molecule has 1 aromatic rings. The van der Waals surface area contributed by atoms with Crippen LogP contribution in [0.4, 0.5) is 0 Å². The third kappa shape index (κ3) is 4.34. The van der Waals surface area contributed by atoms with E-state index in [0.29, 0.717) is 36.3 Å². The van der Waals surface area contributed by atoms with Gasteiger partial charge in [-0.2, -0.15) is 0 Å². The normalized spacial score (nSPS) is 10.2. The summed E-state index contributed by atoms with van der Waals surface area (Å²) >= 11 is 0. The molecule has 3 amide bonds. The van der Waals surface area contributed by atoms with Crippen LogP contribution in [0.5, 0.6) is 0 Å². The van der Waals surface area contributed by atoms with Crippen molar-refractivity contribution in [3.05, 3.63) is 34.9 Å². The molecular weight excluding hydrogens is 306 g/mol. The fraction of sp³-hybridized carbons (Fsp3) is 0.500.